The van der Waals surface area contributed by atoms with Crippen LogP contribution in [0.2, 0.25) is 5.02 Å². The molecule has 2 aromatic rings. The zero-order valence-electron chi connectivity index (χ0n) is 11.0. The Kier molecular flexibility index (Phi) is 5.22. The highest BCUT2D eigenvalue weighted by Crippen LogP contribution is 2.38. The van der Waals surface area contributed by atoms with Crippen LogP contribution >= 0.6 is 34.5 Å². The standard InChI is InChI=1S/C14H11Cl2NO3S/c1-20-14(19)12-9(8-4-2-3-5-10(8)16)7-21-13(12)17-11(18)6-15/h2-5,7H,6H2,1H3,(H,17,18). The van der Waals surface area contributed by atoms with E-state index in [1.54, 1.807) is 23.6 Å². The van der Waals surface area contributed by atoms with Gasteiger partial charge in [-0.25, -0.2) is 4.79 Å². The number of esters is 1. The van der Waals surface area contributed by atoms with Gasteiger partial charge in [-0.2, -0.15) is 0 Å². The minimum atomic E-state index is -0.545. The Morgan fingerprint density at radius 1 is 1.29 bits per heavy atom. The van der Waals surface area contributed by atoms with Crippen LogP contribution in [0.5, 0.6) is 0 Å². The molecule has 1 aromatic carbocycles. The molecule has 21 heavy (non-hydrogen) atoms. The topological polar surface area (TPSA) is 55.4 Å². The Morgan fingerprint density at radius 2 is 2.00 bits per heavy atom. The molecule has 1 aromatic heterocycles. The summed E-state index contributed by atoms with van der Waals surface area (Å²) < 4.78 is 4.79. The van der Waals surface area contributed by atoms with Crippen molar-refractivity contribution in [2.75, 3.05) is 18.3 Å². The first-order valence-corrected chi connectivity index (χ1v) is 7.68. The van der Waals surface area contributed by atoms with E-state index < -0.39 is 11.9 Å². The smallest absolute Gasteiger partial charge is 0.341 e. The Bertz CT molecular complexity index is 685. The van der Waals surface area contributed by atoms with Gasteiger partial charge in [-0.05, 0) is 6.07 Å². The third-order valence-corrected chi connectivity index (χ3v) is 4.19. The van der Waals surface area contributed by atoms with Crippen molar-refractivity contribution in [3.05, 3.63) is 40.2 Å². The molecule has 0 bridgehead atoms. The second kappa shape index (κ2) is 6.93. The number of alkyl halides is 1. The summed E-state index contributed by atoms with van der Waals surface area (Å²) in [5.74, 6) is -1.13. The van der Waals surface area contributed by atoms with E-state index in [0.29, 0.717) is 21.2 Å². The number of ether oxygens (including phenoxy) is 1. The normalized spacial score (nSPS) is 10.2. The lowest BCUT2D eigenvalue weighted by Crippen LogP contribution is -2.14. The highest BCUT2D eigenvalue weighted by atomic mass is 35.5. The van der Waals surface area contributed by atoms with Gasteiger partial charge in [0.25, 0.3) is 0 Å². The molecule has 0 atom stereocenters. The Labute approximate surface area is 135 Å². The Balaban J connectivity index is 2.54. The SMILES string of the molecule is COC(=O)c1c(-c2ccccc2Cl)csc1NC(=O)CCl. The van der Waals surface area contributed by atoms with Gasteiger partial charge in [0, 0.05) is 21.5 Å². The largest absolute Gasteiger partial charge is 0.465 e. The third kappa shape index (κ3) is 3.37. The number of nitrogens with one attached hydrogen (secondary N) is 1. The summed E-state index contributed by atoms with van der Waals surface area (Å²) in [4.78, 5) is 23.5. The number of methoxy groups -OCH3 is 1. The number of anilines is 1. The van der Waals surface area contributed by atoms with Crippen molar-refractivity contribution in [2.24, 2.45) is 0 Å². The molecular formula is C14H11Cl2NO3S. The average molecular weight is 344 g/mol. The van der Waals surface area contributed by atoms with Gasteiger partial charge >= 0.3 is 5.97 Å². The van der Waals surface area contributed by atoms with Crippen LogP contribution in [0.25, 0.3) is 11.1 Å². The number of thiophene rings is 1. The number of hydrogen-bond donors (Lipinski definition) is 1. The van der Waals surface area contributed by atoms with E-state index >= 15 is 0 Å². The van der Waals surface area contributed by atoms with Crippen molar-refractivity contribution in [1.29, 1.82) is 0 Å². The van der Waals surface area contributed by atoms with E-state index in [2.05, 4.69) is 5.32 Å². The predicted octanol–water partition coefficient (Wildman–Crippen LogP) is 4.03. The van der Waals surface area contributed by atoms with E-state index in [-0.39, 0.29) is 11.4 Å². The Morgan fingerprint density at radius 3 is 2.62 bits per heavy atom. The van der Waals surface area contributed by atoms with Gasteiger partial charge in [-0.1, -0.05) is 29.8 Å². The van der Waals surface area contributed by atoms with Gasteiger partial charge in [0.15, 0.2) is 0 Å². The highest BCUT2D eigenvalue weighted by molar-refractivity contribution is 7.15. The van der Waals surface area contributed by atoms with Crippen molar-refractivity contribution in [3.8, 4) is 11.1 Å². The summed E-state index contributed by atoms with van der Waals surface area (Å²) >= 11 is 12.9. The van der Waals surface area contributed by atoms with Crippen molar-refractivity contribution in [1.82, 2.24) is 0 Å². The van der Waals surface area contributed by atoms with Crippen LogP contribution in [-0.2, 0) is 9.53 Å². The summed E-state index contributed by atoms with van der Waals surface area (Å²) in [7, 11) is 1.28. The molecule has 0 aliphatic heterocycles. The van der Waals surface area contributed by atoms with Crippen LogP contribution < -0.4 is 5.32 Å². The van der Waals surface area contributed by atoms with Crippen LogP contribution in [0.1, 0.15) is 10.4 Å². The van der Waals surface area contributed by atoms with E-state index in [1.165, 1.54) is 18.4 Å². The van der Waals surface area contributed by atoms with E-state index in [4.69, 9.17) is 27.9 Å². The average Bonchev–Trinajstić information content (AvgIpc) is 2.90. The molecule has 0 radical (unpaired) electrons. The van der Waals surface area contributed by atoms with Crippen molar-refractivity contribution < 1.29 is 14.3 Å². The van der Waals surface area contributed by atoms with Gasteiger partial charge in [0.2, 0.25) is 5.91 Å². The lowest BCUT2D eigenvalue weighted by Gasteiger charge is -2.08. The molecule has 0 saturated carbocycles. The summed E-state index contributed by atoms with van der Waals surface area (Å²) in [5.41, 5.74) is 1.58. The summed E-state index contributed by atoms with van der Waals surface area (Å²) in [6.07, 6.45) is 0. The molecule has 2 rings (SSSR count). The summed E-state index contributed by atoms with van der Waals surface area (Å²) in [6.45, 7) is 0. The minimum absolute atomic E-state index is 0.195. The molecule has 0 saturated heterocycles. The number of carbonyl (C=O) groups excluding carboxylic acids is 2. The second-order valence-electron chi connectivity index (χ2n) is 4.01. The maximum Gasteiger partial charge on any atom is 0.341 e. The van der Waals surface area contributed by atoms with Crippen LogP contribution in [0.4, 0.5) is 5.00 Å². The fourth-order valence-electron chi connectivity index (χ4n) is 1.79. The quantitative estimate of drug-likeness (QED) is 0.673. The number of benzene rings is 1. The first-order chi connectivity index (χ1) is 10.1. The minimum Gasteiger partial charge on any atom is -0.465 e. The highest BCUT2D eigenvalue weighted by Gasteiger charge is 2.23. The molecular weight excluding hydrogens is 333 g/mol. The number of halogens is 2. The van der Waals surface area contributed by atoms with Crippen LogP contribution in [0.3, 0.4) is 0 Å². The fourth-order valence-corrected chi connectivity index (χ4v) is 3.06. The predicted molar refractivity (Wildman–Crippen MR) is 85.5 cm³/mol. The Hall–Kier alpha value is -1.56. The number of amides is 1. The van der Waals surface area contributed by atoms with E-state index in [1.807, 2.05) is 6.07 Å². The third-order valence-electron chi connectivity index (χ3n) is 2.72. The number of hydrogen-bond acceptors (Lipinski definition) is 4. The summed E-state index contributed by atoms with van der Waals surface area (Å²) in [6, 6.07) is 7.14. The molecule has 4 nitrogen and oxygen atoms in total. The van der Waals surface area contributed by atoms with E-state index in [0.717, 1.165) is 0 Å². The fraction of sp³-hybridized carbons (Fsp3) is 0.143. The lowest BCUT2D eigenvalue weighted by molar-refractivity contribution is -0.113. The lowest BCUT2D eigenvalue weighted by atomic mass is 10.0. The van der Waals surface area contributed by atoms with Gasteiger partial charge in [-0.15, -0.1) is 22.9 Å². The number of carbonyl (C=O) groups is 2. The van der Waals surface area contributed by atoms with Gasteiger partial charge in [0.1, 0.15) is 16.4 Å². The first kappa shape index (κ1) is 15.8. The monoisotopic (exact) mass is 343 g/mol. The second-order valence-corrected chi connectivity index (χ2v) is 5.56. The molecule has 1 N–H and O–H groups in total. The molecule has 7 heteroatoms. The van der Waals surface area contributed by atoms with Crippen molar-refractivity contribution in [2.45, 2.75) is 0 Å². The summed E-state index contributed by atoms with van der Waals surface area (Å²) in [5, 5.41) is 5.24. The zero-order valence-corrected chi connectivity index (χ0v) is 13.3. The maximum absolute atomic E-state index is 12.0. The first-order valence-electron chi connectivity index (χ1n) is 5.89. The molecule has 1 amide bonds. The van der Waals surface area contributed by atoms with Crippen molar-refractivity contribution >= 4 is 51.4 Å². The zero-order chi connectivity index (χ0) is 15.4. The van der Waals surface area contributed by atoms with Gasteiger partial charge < -0.3 is 10.1 Å². The van der Waals surface area contributed by atoms with Crippen LogP contribution in [-0.4, -0.2) is 24.9 Å². The maximum atomic E-state index is 12.0. The van der Waals surface area contributed by atoms with Gasteiger partial charge in [-0.3, -0.25) is 4.79 Å². The molecule has 0 spiro atoms. The number of rotatable bonds is 4. The van der Waals surface area contributed by atoms with Gasteiger partial charge in [0.05, 0.1) is 7.11 Å². The van der Waals surface area contributed by atoms with Crippen molar-refractivity contribution in [3.63, 3.8) is 0 Å². The molecule has 0 fully saturated rings. The molecule has 0 unspecified atom stereocenters. The molecule has 0 aliphatic carbocycles. The van der Waals surface area contributed by atoms with Crippen LogP contribution in [0, 0.1) is 0 Å². The van der Waals surface area contributed by atoms with Crippen LogP contribution in [0.15, 0.2) is 29.6 Å². The molecule has 0 aliphatic rings. The molecule has 110 valence electrons. The van der Waals surface area contributed by atoms with E-state index in [9.17, 15) is 9.59 Å². The molecule has 1 heterocycles.